The highest BCUT2D eigenvalue weighted by Gasteiger charge is 2.01. The summed E-state index contributed by atoms with van der Waals surface area (Å²) >= 11 is 0. The van der Waals surface area contributed by atoms with Crippen molar-refractivity contribution in [1.29, 1.82) is 0 Å². The number of nitrogens with zero attached hydrogens (tertiary/aromatic N) is 3. The van der Waals surface area contributed by atoms with Crippen LogP contribution >= 0.6 is 0 Å². The molecule has 1 rings (SSSR count). The molecule has 7 heteroatoms. The van der Waals surface area contributed by atoms with Crippen molar-refractivity contribution in [1.82, 2.24) is 20.2 Å². The van der Waals surface area contributed by atoms with Crippen LogP contribution in [0, 0.1) is 0 Å². The lowest BCUT2D eigenvalue weighted by atomic mass is 10.3. The van der Waals surface area contributed by atoms with Gasteiger partial charge in [0.05, 0.1) is 5.57 Å². The largest absolute Gasteiger partial charge is 0.478 e. The fraction of sp³-hybridized carbons (Fsp3) is 0.200. The number of hydrogen-bond acceptors (Lipinski definition) is 4. The zero-order valence-corrected chi connectivity index (χ0v) is 6.18. The summed E-state index contributed by atoms with van der Waals surface area (Å²) in [6.07, 6.45) is 1.08. The molecule has 7 nitrogen and oxygen atoms in total. The molecule has 0 saturated carbocycles. The minimum absolute atomic E-state index is 0.00556. The quantitative estimate of drug-likeness (QED) is 0.549. The second-order valence-corrected chi connectivity index (χ2v) is 2.07. The zero-order chi connectivity index (χ0) is 9.14. The van der Waals surface area contributed by atoms with Gasteiger partial charge in [0, 0.05) is 6.20 Å². The Morgan fingerprint density at radius 3 is 2.83 bits per heavy atom. The van der Waals surface area contributed by atoms with E-state index in [1.54, 1.807) is 0 Å². The molecule has 0 radical (unpaired) electrons. The van der Waals surface area contributed by atoms with Crippen molar-refractivity contribution in [3.05, 3.63) is 16.1 Å². The molecule has 0 bridgehead atoms. The van der Waals surface area contributed by atoms with E-state index in [9.17, 15) is 9.59 Å². The maximum absolute atomic E-state index is 10.7. The highest BCUT2D eigenvalue weighted by atomic mass is 16.4. The van der Waals surface area contributed by atoms with Crippen LogP contribution in [0.1, 0.15) is 6.92 Å². The van der Waals surface area contributed by atoms with Crippen LogP contribution in [0.4, 0.5) is 0 Å². The van der Waals surface area contributed by atoms with Gasteiger partial charge >= 0.3 is 11.7 Å². The molecular formula is C5H6N4O3. The molecule has 12 heavy (non-hydrogen) atoms. The number of carboxylic acid groups (broad SMARTS) is 1. The van der Waals surface area contributed by atoms with Crippen LogP contribution in [0.15, 0.2) is 10.4 Å². The number of hydrogen-bond donors (Lipinski definition) is 2. The van der Waals surface area contributed by atoms with Gasteiger partial charge in [-0.05, 0) is 17.4 Å². The van der Waals surface area contributed by atoms with Crippen LogP contribution in [-0.2, 0) is 4.79 Å². The van der Waals surface area contributed by atoms with E-state index < -0.39 is 11.7 Å². The molecule has 1 aromatic rings. The second kappa shape index (κ2) is 2.99. The van der Waals surface area contributed by atoms with Gasteiger partial charge in [0.1, 0.15) is 0 Å². The molecule has 64 valence electrons. The van der Waals surface area contributed by atoms with Gasteiger partial charge in [-0.3, -0.25) is 0 Å². The summed E-state index contributed by atoms with van der Waals surface area (Å²) in [5.41, 5.74) is -0.568. The molecule has 0 amide bonds. The van der Waals surface area contributed by atoms with E-state index in [0.717, 1.165) is 10.9 Å². The van der Waals surface area contributed by atoms with Gasteiger partial charge in [-0.25, -0.2) is 14.7 Å². The van der Waals surface area contributed by atoms with Gasteiger partial charge in [-0.1, -0.05) is 0 Å². The minimum Gasteiger partial charge on any atom is -0.478 e. The number of carboxylic acids is 1. The van der Waals surface area contributed by atoms with Crippen LogP contribution in [0.3, 0.4) is 0 Å². The van der Waals surface area contributed by atoms with Crippen molar-refractivity contribution in [2.75, 3.05) is 0 Å². The molecule has 1 heterocycles. The second-order valence-electron chi connectivity index (χ2n) is 2.07. The monoisotopic (exact) mass is 170 g/mol. The lowest BCUT2D eigenvalue weighted by molar-refractivity contribution is -0.132. The summed E-state index contributed by atoms with van der Waals surface area (Å²) < 4.78 is 0.809. The Hall–Kier alpha value is -1.92. The van der Waals surface area contributed by atoms with Crippen LogP contribution in [0.2, 0.25) is 0 Å². The summed E-state index contributed by atoms with van der Waals surface area (Å²) in [5, 5.41) is 16.9. The average molecular weight is 170 g/mol. The van der Waals surface area contributed by atoms with Crippen molar-refractivity contribution in [2.24, 2.45) is 0 Å². The Bertz CT molecular complexity index is 374. The zero-order valence-electron chi connectivity index (χ0n) is 6.18. The van der Waals surface area contributed by atoms with E-state index in [1.165, 1.54) is 6.92 Å². The molecule has 1 aromatic heterocycles. The fourth-order valence-electron chi connectivity index (χ4n) is 0.528. The van der Waals surface area contributed by atoms with E-state index in [-0.39, 0.29) is 5.57 Å². The number of aromatic nitrogens is 4. The Kier molecular flexibility index (Phi) is 2.04. The third kappa shape index (κ3) is 1.57. The third-order valence-electron chi connectivity index (χ3n) is 1.15. The summed E-state index contributed by atoms with van der Waals surface area (Å²) in [4.78, 5) is 21.0. The van der Waals surface area contributed by atoms with Gasteiger partial charge < -0.3 is 5.11 Å². The van der Waals surface area contributed by atoms with E-state index in [4.69, 9.17) is 5.11 Å². The first-order valence-corrected chi connectivity index (χ1v) is 3.03. The van der Waals surface area contributed by atoms with Crippen LogP contribution in [-0.4, -0.2) is 31.3 Å². The van der Waals surface area contributed by atoms with Crippen LogP contribution in [0.5, 0.6) is 0 Å². The predicted octanol–water partition coefficient (Wildman–Crippen LogP) is -1.09. The van der Waals surface area contributed by atoms with E-state index in [0.29, 0.717) is 0 Å². The molecule has 2 N–H and O–H groups in total. The van der Waals surface area contributed by atoms with E-state index in [1.807, 2.05) is 5.10 Å². The highest BCUT2D eigenvalue weighted by Crippen LogP contribution is 1.91. The van der Waals surface area contributed by atoms with Gasteiger partial charge in [0.2, 0.25) is 0 Å². The predicted molar refractivity (Wildman–Crippen MR) is 38.2 cm³/mol. The maximum Gasteiger partial charge on any atom is 0.365 e. The highest BCUT2D eigenvalue weighted by molar-refractivity contribution is 5.89. The first-order valence-electron chi connectivity index (χ1n) is 3.03. The summed E-state index contributed by atoms with van der Waals surface area (Å²) in [6, 6.07) is 0. The fourth-order valence-corrected chi connectivity index (χ4v) is 0.528. The van der Waals surface area contributed by atoms with Crippen molar-refractivity contribution in [3.63, 3.8) is 0 Å². The summed E-state index contributed by atoms with van der Waals surface area (Å²) in [5.74, 6) is -1.11. The molecule has 0 aliphatic rings. The SMILES string of the molecule is CC(=Cn1nn[nH]c1=O)C(=O)O. The van der Waals surface area contributed by atoms with Crippen LogP contribution < -0.4 is 5.69 Å². The lowest BCUT2D eigenvalue weighted by Gasteiger charge is -1.89. The van der Waals surface area contributed by atoms with Gasteiger partial charge in [-0.15, -0.1) is 0 Å². The first kappa shape index (κ1) is 8.18. The van der Waals surface area contributed by atoms with Crippen molar-refractivity contribution < 1.29 is 9.90 Å². The topological polar surface area (TPSA) is 101 Å². The molecule has 0 saturated heterocycles. The molecule has 0 unspecified atom stereocenters. The Labute approximate surface area is 66.3 Å². The average Bonchev–Trinajstić information content (AvgIpc) is 2.36. The van der Waals surface area contributed by atoms with Gasteiger partial charge in [-0.2, -0.15) is 4.68 Å². The number of aromatic amines is 1. The maximum atomic E-state index is 10.7. The normalized spacial score (nSPS) is 11.6. The summed E-state index contributed by atoms with van der Waals surface area (Å²) in [7, 11) is 0. The first-order chi connectivity index (χ1) is 5.61. The standard InChI is InChI=1S/C5H6N4O3/c1-3(4(10)11)2-9-5(12)6-7-8-9/h2H,1H3,(H,10,11)(H,6,8,12). The molecular weight excluding hydrogens is 164 g/mol. The molecule has 0 aromatic carbocycles. The van der Waals surface area contributed by atoms with E-state index in [2.05, 4.69) is 10.4 Å². The molecule has 0 aliphatic heterocycles. The van der Waals surface area contributed by atoms with Crippen molar-refractivity contribution in [2.45, 2.75) is 6.92 Å². The van der Waals surface area contributed by atoms with Gasteiger partial charge in [0.25, 0.3) is 0 Å². The number of H-pyrrole nitrogens is 1. The number of aliphatic carboxylic acids is 1. The Balaban J connectivity index is 3.03. The summed E-state index contributed by atoms with van der Waals surface area (Å²) in [6.45, 7) is 1.35. The smallest absolute Gasteiger partial charge is 0.365 e. The van der Waals surface area contributed by atoms with Crippen LogP contribution in [0.25, 0.3) is 6.20 Å². The van der Waals surface area contributed by atoms with Crippen molar-refractivity contribution >= 4 is 12.2 Å². The minimum atomic E-state index is -1.11. The number of tetrazole rings is 1. The number of nitrogens with one attached hydrogen (secondary N) is 1. The molecule has 0 atom stereocenters. The Morgan fingerprint density at radius 2 is 2.42 bits per heavy atom. The molecule has 0 spiro atoms. The van der Waals surface area contributed by atoms with Crippen molar-refractivity contribution in [3.8, 4) is 0 Å². The third-order valence-corrected chi connectivity index (χ3v) is 1.15. The molecule has 0 aliphatic carbocycles. The lowest BCUT2D eigenvalue weighted by Crippen LogP contribution is -2.14. The number of carbonyl (C=O) groups is 1. The molecule has 0 fully saturated rings. The number of rotatable bonds is 2. The van der Waals surface area contributed by atoms with E-state index >= 15 is 0 Å². The van der Waals surface area contributed by atoms with Gasteiger partial charge in [0.15, 0.2) is 0 Å². The Morgan fingerprint density at radius 1 is 1.75 bits per heavy atom.